The van der Waals surface area contributed by atoms with Crippen molar-refractivity contribution in [1.29, 1.82) is 0 Å². The summed E-state index contributed by atoms with van der Waals surface area (Å²) in [6.45, 7) is 10.1. The topological polar surface area (TPSA) is 63.2 Å². The SMILES string of the molecule is C=C(C)C(=O)OCCOCCOCCOc1ccc2c(OCC)cccc2c1. The minimum Gasteiger partial charge on any atom is -0.493 e. The Kier molecular flexibility index (Phi) is 9.31. The molecular formula is C22H28O6. The maximum atomic E-state index is 11.2. The number of ether oxygens (including phenoxy) is 5. The minimum absolute atomic E-state index is 0.210. The van der Waals surface area contributed by atoms with Crippen molar-refractivity contribution < 1.29 is 28.5 Å². The third-order valence-corrected chi connectivity index (χ3v) is 3.79. The first-order valence-corrected chi connectivity index (χ1v) is 9.38. The van der Waals surface area contributed by atoms with Crippen LogP contribution in [0.2, 0.25) is 0 Å². The molecule has 0 aliphatic rings. The summed E-state index contributed by atoms with van der Waals surface area (Å²) in [5.41, 5.74) is 0.379. The van der Waals surface area contributed by atoms with Gasteiger partial charge >= 0.3 is 5.97 Å². The van der Waals surface area contributed by atoms with Crippen molar-refractivity contribution >= 4 is 16.7 Å². The Hall–Kier alpha value is -2.57. The molecule has 0 atom stereocenters. The second kappa shape index (κ2) is 12.0. The van der Waals surface area contributed by atoms with E-state index in [0.717, 1.165) is 22.3 Å². The van der Waals surface area contributed by atoms with Crippen LogP contribution in [0.25, 0.3) is 10.8 Å². The molecule has 152 valence electrons. The Labute approximate surface area is 166 Å². The summed E-state index contributed by atoms with van der Waals surface area (Å²) in [4.78, 5) is 11.2. The lowest BCUT2D eigenvalue weighted by atomic mass is 10.1. The zero-order valence-electron chi connectivity index (χ0n) is 16.6. The van der Waals surface area contributed by atoms with Gasteiger partial charge in [0.05, 0.1) is 33.0 Å². The average Bonchev–Trinajstić information content (AvgIpc) is 2.69. The minimum atomic E-state index is -0.403. The van der Waals surface area contributed by atoms with E-state index in [4.69, 9.17) is 23.7 Å². The zero-order chi connectivity index (χ0) is 20.2. The Morgan fingerprint density at radius 1 is 0.929 bits per heavy atom. The molecule has 0 unspecified atom stereocenters. The van der Waals surface area contributed by atoms with Gasteiger partial charge in [-0.2, -0.15) is 0 Å². The van der Waals surface area contributed by atoms with E-state index in [9.17, 15) is 4.79 Å². The highest BCUT2D eigenvalue weighted by Crippen LogP contribution is 2.28. The monoisotopic (exact) mass is 388 g/mol. The number of fused-ring (bicyclic) bond motifs is 1. The van der Waals surface area contributed by atoms with E-state index >= 15 is 0 Å². The number of carbonyl (C=O) groups is 1. The van der Waals surface area contributed by atoms with Crippen LogP contribution in [0.4, 0.5) is 0 Å². The smallest absolute Gasteiger partial charge is 0.333 e. The van der Waals surface area contributed by atoms with Gasteiger partial charge in [0.1, 0.15) is 24.7 Å². The Morgan fingerprint density at radius 3 is 2.36 bits per heavy atom. The molecule has 0 aromatic heterocycles. The normalized spacial score (nSPS) is 10.6. The van der Waals surface area contributed by atoms with Crippen LogP contribution in [0.5, 0.6) is 11.5 Å². The predicted molar refractivity (Wildman–Crippen MR) is 108 cm³/mol. The van der Waals surface area contributed by atoms with Crippen LogP contribution in [0, 0.1) is 0 Å². The van der Waals surface area contributed by atoms with Gasteiger partial charge in [-0.15, -0.1) is 0 Å². The van der Waals surface area contributed by atoms with Crippen LogP contribution in [0.1, 0.15) is 13.8 Å². The number of hydrogen-bond acceptors (Lipinski definition) is 6. The molecule has 0 radical (unpaired) electrons. The largest absolute Gasteiger partial charge is 0.493 e. The average molecular weight is 388 g/mol. The van der Waals surface area contributed by atoms with Crippen molar-refractivity contribution in [1.82, 2.24) is 0 Å². The van der Waals surface area contributed by atoms with Crippen LogP contribution < -0.4 is 9.47 Å². The van der Waals surface area contributed by atoms with E-state index < -0.39 is 5.97 Å². The third kappa shape index (κ3) is 7.21. The van der Waals surface area contributed by atoms with Crippen LogP contribution >= 0.6 is 0 Å². The summed E-state index contributed by atoms with van der Waals surface area (Å²) in [5.74, 6) is 1.27. The molecular weight excluding hydrogens is 360 g/mol. The fourth-order valence-electron chi connectivity index (χ4n) is 2.46. The van der Waals surface area contributed by atoms with Crippen molar-refractivity contribution in [2.45, 2.75) is 13.8 Å². The molecule has 0 fully saturated rings. The molecule has 0 saturated carbocycles. The first-order valence-electron chi connectivity index (χ1n) is 9.38. The van der Waals surface area contributed by atoms with Gasteiger partial charge in [0, 0.05) is 11.0 Å². The van der Waals surface area contributed by atoms with E-state index in [1.807, 2.05) is 43.3 Å². The van der Waals surface area contributed by atoms with E-state index in [0.29, 0.717) is 45.2 Å². The Bertz CT molecular complexity index is 771. The lowest BCUT2D eigenvalue weighted by Gasteiger charge is -2.10. The van der Waals surface area contributed by atoms with Gasteiger partial charge in [0.15, 0.2) is 0 Å². The summed E-state index contributed by atoms with van der Waals surface area (Å²) in [7, 11) is 0. The summed E-state index contributed by atoms with van der Waals surface area (Å²) in [6.07, 6.45) is 0. The highest BCUT2D eigenvalue weighted by Gasteiger charge is 2.04. The molecule has 0 aliphatic heterocycles. The molecule has 0 amide bonds. The lowest BCUT2D eigenvalue weighted by Crippen LogP contribution is -2.14. The molecule has 6 heteroatoms. The fraction of sp³-hybridized carbons (Fsp3) is 0.409. The van der Waals surface area contributed by atoms with Gasteiger partial charge in [-0.3, -0.25) is 0 Å². The number of benzene rings is 2. The summed E-state index contributed by atoms with van der Waals surface area (Å²) in [6, 6.07) is 11.9. The van der Waals surface area contributed by atoms with E-state index in [-0.39, 0.29) is 6.61 Å². The van der Waals surface area contributed by atoms with Crippen molar-refractivity contribution in [3.05, 3.63) is 48.6 Å². The van der Waals surface area contributed by atoms with Crippen LogP contribution in [-0.4, -0.2) is 52.2 Å². The first-order chi connectivity index (χ1) is 13.6. The molecule has 0 heterocycles. The second-order valence-electron chi connectivity index (χ2n) is 6.06. The zero-order valence-corrected chi connectivity index (χ0v) is 16.6. The van der Waals surface area contributed by atoms with Crippen LogP contribution in [-0.2, 0) is 19.0 Å². The molecule has 0 N–H and O–H groups in total. The Balaban J connectivity index is 1.58. The predicted octanol–water partition coefficient (Wildman–Crippen LogP) is 3.77. The molecule has 28 heavy (non-hydrogen) atoms. The highest BCUT2D eigenvalue weighted by molar-refractivity contribution is 5.89. The lowest BCUT2D eigenvalue weighted by molar-refractivity contribution is -0.140. The molecule has 0 saturated heterocycles. The molecule has 0 aliphatic carbocycles. The maximum absolute atomic E-state index is 11.2. The van der Waals surface area contributed by atoms with Gasteiger partial charge in [-0.1, -0.05) is 18.7 Å². The Morgan fingerprint density at radius 2 is 1.64 bits per heavy atom. The first kappa shape index (κ1) is 21.7. The van der Waals surface area contributed by atoms with Gasteiger partial charge in [0.25, 0.3) is 0 Å². The molecule has 2 aromatic carbocycles. The quantitative estimate of drug-likeness (QED) is 0.296. The van der Waals surface area contributed by atoms with Crippen molar-refractivity contribution in [2.75, 3.05) is 46.2 Å². The number of carbonyl (C=O) groups excluding carboxylic acids is 1. The molecule has 2 rings (SSSR count). The van der Waals surface area contributed by atoms with E-state index in [1.165, 1.54) is 0 Å². The molecule has 2 aromatic rings. The van der Waals surface area contributed by atoms with Gasteiger partial charge in [0.2, 0.25) is 0 Å². The summed E-state index contributed by atoms with van der Waals surface area (Å²) in [5, 5.41) is 2.14. The van der Waals surface area contributed by atoms with Gasteiger partial charge in [-0.05, 0) is 43.5 Å². The summed E-state index contributed by atoms with van der Waals surface area (Å²) < 4.78 is 27.1. The van der Waals surface area contributed by atoms with Crippen LogP contribution in [0.15, 0.2) is 48.6 Å². The van der Waals surface area contributed by atoms with Gasteiger partial charge in [-0.25, -0.2) is 4.79 Å². The van der Waals surface area contributed by atoms with Crippen molar-refractivity contribution in [3.63, 3.8) is 0 Å². The number of hydrogen-bond donors (Lipinski definition) is 0. The van der Waals surface area contributed by atoms with Crippen molar-refractivity contribution in [3.8, 4) is 11.5 Å². The second-order valence-corrected chi connectivity index (χ2v) is 6.06. The van der Waals surface area contributed by atoms with Crippen LogP contribution in [0.3, 0.4) is 0 Å². The number of rotatable bonds is 13. The number of esters is 1. The highest BCUT2D eigenvalue weighted by atomic mass is 16.6. The molecule has 0 spiro atoms. The third-order valence-electron chi connectivity index (χ3n) is 3.79. The summed E-state index contributed by atoms with van der Waals surface area (Å²) >= 11 is 0. The molecule has 0 bridgehead atoms. The van der Waals surface area contributed by atoms with E-state index in [2.05, 4.69) is 6.58 Å². The van der Waals surface area contributed by atoms with E-state index in [1.54, 1.807) is 6.92 Å². The fourth-order valence-corrected chi connectivity index (χ4v) is 2.46. The maximum Gasteiger partial charge on any atom is 0.333 e. The van der Waals surface area contributed by atoms with Crippen molar-refractivity contribution in [2.24, 2.45) is 0 Å². The molecule has 6 nitrogen and oxygen atoms in total. The van der Waals surface area contributed by atoms with Gasteiger partial charge < -0.3 is 23.7 Å². The standard InChI is InChI=1S/C22H28O6/c1-4-26-21-7-5-6-18-16-19(8-9-20(18)21)27-14-12-24-10-11-25-13-15-28-22(23)17(2)3/h5-9,16H,2,4,10-15H2,1,3H3.